The first-order valence-corrected chi connectivity index (χ1v) is 7.36. The predicted octanol–water partition coefficient (Wildman–Crippen LogP) is 2.59. The number of nitrogens with zero attached hydrogens (tertiary/aromatic N) is 3. The van der Waals surface area contributed by atoms with Gasteiger partial charge in [-0.25, -0.2) is 0 Å². The van der Waals surface area contributed by atoms with Crippen molar-refractivity contribution in [3.63, 3.8) is 0 Å². The van der Waals surface area contributed by atoms with Crippen molar-refractivity contribution in [2.24, 2.45) is 7.05 Å². The maximum Gasteiger partial charge on any atom is 0.0802 e. The van der Waals surface area contributed by atoms with Crippen LogP contribution in [-0.4, -0.2) is 33.4 Å². The molecule has 0 amide bonds. The summed E-state index contributed by atoms with van der Waals surface area (Å²) in [5, 5.41) is 14.5. The monoisotopic (exact) mass is 287 g/mol. The first-order chi connectivity index (χ1) is 9.94. The van der Waals surface area contributed by atoms with Crippen molar-refractivity contribution in [2.45, 2.75) is 32.9 Å². The van der Waals surface area contributed by atoms with E-state index in [-0.39, 0.29) is 0 Å². The Morgan fingerprint density at radius 1 is 1.24 bits per heavy atom. The van der Waals surface area contributed by atoms with Gasteiger partial charge in [0.1, 0.15) is 0 Å². The van der Waals surface area contributed by atoms with Gasteiger partial charge in [-0.3, -0.25) is 4.68 Å². The Kier molecular flexibility index (Phi) is 5.15. The highest BCUT2D eigenvalue weighted by molar-refractivity contribution is 5.29. The third-order valence-electron chi connectivity index (χ3n) is 3.62. The summed E-state index contributed by atoms with van der Waals surface area (Å²) >= 11 is 0. The highest BCUT2D eigenvalue weighted by Crippen LogP contribution is 2.20. The van der Waals surface area contributed by atoms with Gasteiger partial charge >= 0.3 is 0 Å². The third-order valence-corrected chi connectivity index (χ3v) is 3.62. The van der Waals surface area contributed by atoms with Crippen LogP contribution in [0.2, 0.25) is 0 Å². The Balaban J connectivity index is 1.86. The van der Waals surface area contributed by atoms with Crippen LogP contribution in [0.4, 0.5) is 0 Å². The summed E-state index contributed by atoms with van der Waals surface area (Å²) in [6, 6.07) is 6.27. The normalized spacial score (nSPS) is 12.9. The lowest BCUT2D eigenvalue weighted by Gasteiger charge is -2.19. The molecule has 0 spiro atoms. The largest absolute Gasteiger partial charge is 0.388 e. The van der Waals surface area contributed by atoms with Crippen molar-refractivity contribution in [1.82, 2.24) is 14.7 Å². The Morgan fingerprint density at radius 2 is 1.90 bits per heavy atom. The maximum absolute atomic E-state index is 10.3. The molecule has 0 radical (unpaired) electrons. The molecule has 0 saturated carbocycles. The summed E-state index contributed by atoms with van der Waals surface area (Å²) in [5.74, 6) is 0. The molecular weight excluding hydrogens is 262 g/mol. The van der Waals surface area contributed by atoms with E-state index >= 15 is 0 Å². The zero-order chi connectivity index (χ0) is 15.4. The Bertz CT molecular complexity index is 571. The molecule has 1 unspecified atom stereocenters. The van der Waals surface area contributed by atoms with Gasteiger partial charge in [0.25, 0.3) is 0 Å². The average molecular weight is 287 g/mol. The molecule has 0 aliphatic carbocycles. The van der Waals surface area contributed by atoms with Gasteiger partial charge in [0, 0.05) is 31.9 Å². The van der Waals surface area contributed by atoms with Crippen LogP contribution in [0.5, 0.6) is 0 Å². The van der Waals surface area contributed by atoms with Gasteiger partial charge in [0.2, 0.25) is 0 Å². The molecule has 0 bridgehead atoms. The Morgan fingerprint density at radius 3 is 2.48 bits per heavy atom. The summed E-state index contributed by atoms with van der Waals surface area (Å²) in [6.45, 7) is 5.84. The van der Waals surface area contributed by atoms with E-state index in [4.69, 9.17) is 0 Å². The smallest absolute Gasteiger partial charge is 0.0802 e. The van der Waals surface area contributed by atoms with Gasteiger partial charge in [0.15, 0.2) is 0 Å². The van der Waals surface area contributed by atoms with Crippen LogP contribution in [0.3, 0.4) is 0 Å². The van der Waals surface area contributed by atoms with Gasteiger partial charge in [-0.15, -0.1) is 0 Å². The molecule has 1 aromatic heterocycles. The predicted molar refractivity (Wildman–Crippen MR) is 85.0 cm³/mol. The molecule has 1 aromatic carbocycles. The van der Waals surface area contributed by atoms with Crippen molar-refractivity contribution in [2.75, 3.05) is 13.6 Å². The van der Waals surface area contributed by atoms with Gasteiger partial charge in [-0.05, 0) is 32.9 Å². The number of aliphatic hydroxyl groups excluding tert-OH is 1. The number of aryl methyl sites for hydroxylation is 3. The molecule has 0 aliphatic heterocycles. The molecule has 1 atom stereocenters. The fraction of sp³-hybridized carbons (Fsp3) is 0.471. The number of rotatable bonds is 6. The molecule has 0 aliphatic rings. The summed E-state index contributed by atoms with van der Waals surface area (Å²) in [7, 11) is 3.99. The van der Waals surface area contributed by atoms with E-state index in [1.54, 1.807) is 0 Å². The van der Waals surface area contributed by atoms with Crippen molar-refractivity contribution >= 4 is 0 Å². The van der Waals surface area contributed by atoms with E-state index in [0.717, 1.165) is 25.1 Å². The van der Waals surface area contributed by atoms with Crippen molar-refractivity contribution in [3.05, 3.63) is 52.8 Å². The number of benzene rings is 1. The van der Waals surface area contributed by atoms with Gasteiger partial charge in [-0.1, -0.05) is 29.3 Å². The number of hydrogen-bond donors (Lipinski definition) is 1. The minimum absolute atomic E-state index is 0.403. The van der Waals surface area contributed by atoms with Gasteiger partial charge in [0.05, 0.1) is 12.3 Å². The highest BCUT2D eigenvalue weighted by atomic mass is 16.3. The average Bonchev–Trinajstić information content (AvgIpc) is 2.80. The first kappa shape index (κ1) is 15.7. The molecule has 0 saturated heterocycles. The molecule has 2 aromatic rings. The van der Waals surface area contributed by atoms with E-state index in [1.807, 2.05) is 24.1 Å². The summed E-state index contributed by atoms with van der Waals surface area (Å²) in [4.78, 5) is 2.21. The molecule has 4 heteroatoms. The fourth-order valence-corrected chi connectivity index (χ4v) is 2.66. The van der Waals surface area contributed by atoms with Crippen molar-refractivity contribution < 1.29 is 5.11 Å². The van der Waals surface area contributed by atoms with E-state index in [1.165, 1.54) is 16.7 Å². The van der Waals surface area contributed by atoms with Crippen LogP contribution < -0.4 is 0 Å². The minimum Gasteiger partial charge on any atom is -0.388 e. The molecule has 1 heterocycles. The van der Waals surface area contributed by atoms with E-state index < -0.39 is 6.10 Å². The molecule has 114 valence electrons. The van der Waals surface area contributed by atoms with Crippen molar-refractivity contribution in [1.29, 1.82) is 0 Å². The van der Waals surface area contributed by atoms with Crippen molar-refractivity contribution in [3.8, 4) is 0 Å². The SMILES string of the molecule is Cc1cc(C)cc(C(O)CCN(C)Cc2cnn(C)c2)c1. The molecule has 4 nitrogen and oxygen atoms in total. The number of aliphatic hydroxyl groups is 1. The summed E-state index contributed by atoms with van der Waals surface area (Å²) in [6.07, 6.45) is 4.24. The van der Waals surface area contributed by atoms with E-state index in [9.17, 15) is 5.11 Å². The quantitative estimate of drug-likeness (QED) is 0.888. The third kappa shape index (κ3) is 4.69. The molecule has 2 rings (SSSR count). The second-order valence-electron chi connectivity index (χ2n) is 5.99. The lowest BCUT2D eigenvalue weighted by Crippen LogP contribution is -2.20. The molecular formula is C17H25N3O. The van der Waals surface area contributed by atoms with Gasteiger partial charge in [-0.2, -0.15) is 5.10 Å². The van der Waals surface area contributed by atoms with Crippen LogP contribution in [-0.2, 0) is 13.6 Å². The zero-order valence-corrected chi connectivity index (χ0v) is 13.4. The van der Waals surface area contributed by atoms with Crippen LogP contribution in [0, 0.1) is 13.8 Å². The highest BCUT2D eigenvalue weighted by Gasteiger charge is 2.10. The topological polar surface area (TPSA) is 41.3 Å². The molecule has 21 heavy (non-hydrogen) atoms. The zero-order valence-electron chi connectivity index (χ0n) is 13.4. The summed E-state index contributed by atoms with van der Waals surface area (Å²) < 4.78 is 1.81. The number of aromatic nitrogens is 2. The molecule has 0 fully saturated rings. The maximum atomic E-state index is 10.3. The van der Waals surface area contributed by atoms with Crippen LogP contribution >= 0.6 is 0 Å². The second kappa shape index (κ2) is 6.87. The lowest BCUT2D eigenvalue weighted by atomic mass is 10.0. The Hall–Kier alpha value is -1.65. The van der Waals surface area contributed by atoms with E-state index in [0.29, 0.717) is 0 Å². The van der Waals surface area contributed by atoms with Gasteiger partial charge < -0.3 is 10.0 Å². The van der Waals surface area contributed by atoms with Crippen LogP contribution in [0.15, 0.2) is 30.6 Å². The first-order valence-electron chi connectivity index (χ1n) is 7.36. The lowest BCUT2D eigenvalue weighted by molar-refractivity contribution is 0.147. The van der Waals surface area contributed by atoms with Crippen LogP contribution in [0.25, 0.3) is 0 Å². The van der Waals surface area contributed by atoms with Crippen LogP contribution in [0.1, 0.15) is 34.8 Å². The fourth-order valence-electron chi connectivity index (χ4n) is 2.66. The standard InChI is InChI=1S/C17H25N3O/c1-13-7-14(2)9-16(8-13)17(21)5-6-19(3)11-15-10-18-20(4)12-15/h7-10,12,17,21H,5-6,11H2,1-4H3. The van der Waals surface area contributed by atoms with E-state index in [2.05, 4.69) is 49.1 Å². The number of hydrogen-bond acceptors (Lipinski definition) is 3. The summed E-state index contributed by atoms with van der Waals surface area (Å²) in [5.41, 5.74) is 4.61. The minimum atomic E-state index is -0.403. The Labute approximate surface area is 127 Å². The molecule has 1 N–H and O–H groups in total. The second-order valence-corrected chi connectivity index (χ2v) is 5.99.